The SMILES string of the molecule is CC1([Si](C)(C)C)OC1(c1ccccc1)c1ccccc1. The molecular formula is C18H22OSi. The number of ether oxygens (including phenoxy) is 1. The summed E-state index contributed by atoms with van der Waals surface area (Å²) in [6.07, 6.45) is 0. The van der Waals surface area contributed by atoms with Crippen molar-refractivity contribution in [1.82, 2.24) is 0 Å². The molecule has 20 heavy (non-hydrogen) atoms. The van der Waals surface area contributed by atoms with E-state index in [1.54, 1.807) is 0 Å². The van der Waals surface area contributed by atoms with Crippen LogP contribution in [0.2, 0.25) is 19.6 Å². The highest BCUT2D eigenvalue weighted by molar-refractivity contribution is 6.80. The lowest BCUT2D eigenvalue weighted by Crippen LogP contribution is -2.44. The first-order chi connectivity index (χ1) is 9.42. The molecule has 104 valence electrons. The molecule has 1 heterocycles. The highest BCUT2D eigenvalue weighted by atomic mass is 28.3. The van der Waals surface area contributed by atoms with E-state index >= 15 is 0 Å². The molecule has 2 heteroatoms. The lowest BCUT2D eigenvalue weighted by atomic mass is 9.88. The van der Waals surface area contributed by atoms with Gasteiger partial charge in [0.1, 0.15) is 5.60 Å². The summed E-state index contributed by atoms with van der Waals surface area (Å²) in [6.45, 7) is 9.46. The van der Waals surface area contributed by atoms with E-state index in [9.17, 15) is 0 Å². The molecule has 1 aliphatic rings. The summed E-state index contributed by atoms with van der Waals surface area (Å²) in [4.78, 5) is 0. The van der Waals surface area contributed by atoms with Gasteiger partial charge in [-0.1, -0.05) is 80.3 Å². The largest absolute Gasteiger partial charge is 0.356 e. The quantitative estimate of drug-likeness (QED) is 0.592. The van der Waals surface area contributed by atoms with E-state index in [-0.39, 0.29) is 10.8 Å². The summed E-state index contributed by atoms with van der Waals surface area (Å²) in [5.74, 6) is 0. The van der Waals surface area contributed by atoms with Crippen LogP contribution in [-0.2, 0) is 10.3 Å². The van der Waals surface area contributed by atoms with Crippen molar-refractivity contribution >= 4 is 8.07 Å². The van der Waals surface area contributed by atoms with Crippen molar-refractivity contribution in [1.29, 1.82) is 0 Å². The Morgan fingerprint density at radius 1 is 0.750 bits per heavy atom. The monoisotopic (exact) mass is 282 g/mol. The Labute approximate surface area is 122 Å². The maximum atomic E-state index is 6.49. The summed E-state index contributed by atoms with van der Waals surface area (Å²) >= 11 is 0. The zero-order chi connectivity index (χ0) is 14.4. The summed E-state index contributed by atoms with van der Waals surface area (Å²) < 4.78 is 6.49. The molecule has 2 aromatic rings. The summed E-state index contributed by atoms with van der Waals surface area (Å²) in [5, 5.41) is -0.0529. The van der Waals surface area contributed by atoms with Gasteiger partial charge in [0.15, 0.2) is 0 Å². The van der Waals surface area contributed by atoms with Gasteiger partial charge in [-0.25, -0.2) is 0 Å². The van der Waals surface area contributed by atoms with Crippen molar-refractivity contribution in [2.75, 3.05) is 0 Å². The predicted octanol–water partition coefficient (Wildman–Crippen LogP) is 4.60. The van der Waals surface area contributed by atoms with Crippen molar-refractivity contribution in [2.45, 2.75) is 37.4 Å². The van der Waals surface area contributed by atoms with Crippen LogP contribution in [0.25, 0.3) is 0 Å². The minimum Gasteiger partial charge on any atom is -0.356 e. The van der Waals surface area contributed by atoms with Gasteiger partial charge in [-0.15, -0.1) is 0 Å². The summed E-state index contributed by atoms with van der Waals surface area (Å²) in [6, 6.07) is 21.3. The Kier molecular flexibility index (Phi) is 2.93. The summed E-state index contributed by atoms with van der Waals surface area (Å²) in [5.41, 5.74) is 2.28. The lowest BCUT2D eigenvalue weighted by Gasteiger charge is -2.27. The van der Waals surface area contributed by atoms with E-state index < -0.39 is 8.07 Å². The second-order valence-electron chi connectivity index (χ2n) is 6.80. The molecule has 0 amide bonds. The molecule has 1 aliphatic heterocycles. The average molecular weight is 282 g/mol. The zero-order valence-electron chi connectivity index (χ0n) is 12.7. The highest BCUT2D eigenvalue weighted by Gasteiger charge is 2.73. The van der Waals surface area contributed by atoms with Gasteiger partial charge in [0, 0.05) is 0 Å². The second kappa shape index (κ2) is 4.30. The number of benzene rings is 2. The molecule has 0 saturated carbocycles. The van der Waals surface area contributed by atoms with E-state index in [4.69, 9.17) is 4.74 Å². The number of epoxide rings is 1. The number of hydrogen-bond acceptors (Lipinski definition) is 1. The topological polar surface area (TPSA) is 12.5 Å². The molecule has 0 bridgehead atoms. The van der Waals surface area contributed by atoms with Crippen LogP contribution in [0.3, 0.4) is 0 Å². The third-order valence-electron chi connectivity index (χ3n) is 4.78. The van der Waals surface area contributed by atoms with Gasteiger partial charge in [0.05, 0.1) is 13.3 Å². The Bertz CT molecular complexity index is 561. The maximum Gasteiger partial charge on any atom is 0.144 e. The lowest BCUT2D eigenvalue weighted by molar-refractivity contribution is 0.317. The first-order valence-corrected chi connectivity index (χ1v) is 10.7. The standard InChI is InChI=1S/C18H22OSi/c1-17(20(2,3)4)18(19-17,15-11-7-5-8-12-15)16-13-9-6-10-14-16/h5-14H,1-4H3. The van der Waals surface area contributed by atoms with Gasteiger partial charge in [-0.2, -0.15) is 0 Å². The van der Waals surface area contributed by atoms with Crippen molar-refractivity contribution in [3.8, 4) is 0 Å². The molecule has 1 saturated heterocycles. The molecule has 0 N–H and O–H groups in total. The van der Waals surface area contributed by atoms with Crippen molar-refractivity contribution < 1.29 is 4.74 Å². The molecule has 0 aliphatic carbocycles. The molecule has 1 atom stereocenters. The summed E-state index contributed by atoms with van der Waals surface area (Å²) in [7, 11) is -1.47. The van der Waals surface area contributed by atoms with Crippen LogP contribution in [0.5, 0.6) is 0 Å². The number of hydrogen-bond donors (Lipinski definition) is 0. The number of rotatable bonds is 3. The maximum absolute atomic E-state index is 6.49. The van der Waals surface area contributed by atoms with E-state index in [0.717, 1.165) is 0 Å². The van der Waals surface area contributed by atoms with Crippen molar-refractivity contribution in [3.63, 3.8) is 0 Å². The average Bonchev–Trinajstić information content (AvgIpc) is 3.10. The first-order valence-electron chi connectivity index (χ1n) is 7.23. The van der Waals surface area contributed by atoms with Crippen LogP contribution in [0.4, 0.5) is 0 Å². The van der Waals surface area contributed by atoms with Crippen LogP contribution in [-0.4, -0.2) is 13.3 Å². The van der Waals surface area contributed by atoms with Crippen LogP contribution in [0.1, 0.15) is 18.1 Å². The molecule has 3 rings (SSSR count). The molecular weight excluding hydrogens is 260 g/mol. The molecule has 1 nitrogen and oxygen atoms in total. The van der Waals surface area contributed by atoms with E-state index in [1.807, 2.05) is 0 Å². The van der Waals surface area contributed by atoms with Gasteiger partial charge in [0.25, 0.3) is 0 Å². The fourth-order valence-corrected chi connectivity index (χ4v) is 4.95. The van der Waals surface area contributed by atoms with E-state index in [2.05, 4.69) is 87.2 Å². The third-order valence-corrected chi connectivity index (χ3v) is 8.10. The molecule has 1 unspecified atom stereocenters. The minimum absolute atomic E-state index is 0.0529. The minimum atomic E-state index is -1.47. The molecule has 1 fully saturated rings. The van der Waals surface area contributed by atoms with Crippen LogP contribution >= 0.6 is 0 Å². The normalized spacial score (nSPS) is 24.4. The van der Waals surface area contributed by atoms with Gasteiger partial charge < -0.3 is 4.74 Å². The Morgan fingerprint density at radius 3 is 1.45 bits per heavy atom. The molecule has 2 aromatic carbocycles. The van der Waals surface area contributed by atoms with Crippen molar-refractivity contribution in [2.24, 2.45) is 0 Å². The third kappa shape index (κ3) is 1.71. The van der Waals surface area contributed by atoms with Crippen LogP contribution < -0.4 is 0 Å². The molecule has 0 spiro atoms. The molecule has 0 radical (unpaired) electrons. The fraction of sp³-hybridized carbons (Fsp3) is 0.333. The van der Waals surface area contributed by atoms with Gasteiger partial charge in [0.2, 0.25) is 0 Å². The fourth-order valence-electron chi connectivity index (χ4n) is 3.14. The van der Waals surface area contributed by atoms with E-state index in [0.29, 0.717) is 0 Å². The zero-order valence-corrected chi connectivity index (χ0v) is 13.7. The smallest absolute Gasteiger partial charge is 0.144 e. The van der Waals surface area contributed by atoms with E-state index in [1.165, 1.54) is 11.1 Å². The van der Waals surface area contributed by atoms with Gasteiger partial charge in [-0.3, -0.25) is 0 Å². The Morgan fingerprint density at radius 2 is 1.15 bits per heavy atom. The highest BCUT2D eigenvalue weighted by Crippen LogP contribution is 2.63. The first kappa shape index (κ1) is 13.6. The second-order valence-corrected chi connectivity index (χ2v) is 12.3. The van der Waals surface area contributed by atoms with Crippen molar-refractivity contribution in [3.05, 3.63) is 71.8 Å². The van der Waals surface area contributed by atoms with Crippen LogP contribution in [0, 0.1) is 0 Å². The molecule has 0 aromatic heterocycles. The Balaban J connectivity index is 2.18. The predicted molar refractivity (Wildman–Crippen MR) is 86.5 cm³/mol. The van der Waals surface area contributed by atoms with Gasteiger partial charge >= 0.3 is 0 Å². The van der Waals surface area contributed by atoms with Crippen LogP contribution in [0.15, 0.2) is 60.7 Å². The Hall–Kier alpha value is -1.38. The van der Waals surface area contributed by atoms with Gasteiger partial charge in [-0.05, 0) is 18.1 Å².